The molecule has 0 radical (unpaired) electrons. The topological polar surface area (TPSA) is 70.4 Å². The number of hydrogen-bond acceptors (Lipinski definition) is 3. The van der Waals surface area contributed by atoms with Crippen LogP contribution in [0.5, 0.6) is 0 Å². The second-order valence-electron chi connectivity index (χ2n) is 6.80. The molecule has 1 aromatic carbocycles. The van der Waals surface area contributed by atoms with Crippen LogP contribution in [0.15, 0.2) is 42.7 Å². The lowest BCUT2D eigenvalue weighted by Crippen LogP contribution is -2.45. The number of aliphatic hydroxyl groups excluding tert-OH is 1. The van der Waals surface area contributed by atoms with Crippen LogP contribution in [0.4, 0.5) is 4.79 Å². The summed E-state index contributed by atoms with van der Waals surface area (Å²) < 4.78 is 1.73. The highest BCUT2D eigenvalue weighted by molar-refractivity contribution is 5.74. The van der Waals surface area contributed by atoms with Crippen molar-refractivity contribution in [3.05, 3.63) is 53.9 Å². The lowest BCUT2D eigenvalue weighted by Gasteiger charge is -2.35. The van der Waals surface area contributed by atoms with E-state index in [1.165, 1.54) is 0 Å². The van der Waals surface area contributed by atoms with Gasteiger partial charge in [-0.25, -0.2) is 4.79 Å². The Balaban J connectivity index is 1.51. The number of piperidine rings is 1. The van der Waals surface area contributed by atoms with Gasteiger partial charge >= 0.3 is 6.03 Å². The highest BCUT2D eigenvalue weighted by Gasteiger charge is 2.28. The zero-order valence-electron chi connectivity index (χ0n) is 14.8. The van der Waals surface area contributed by atoms with Crippen molar-refractivity contribution in [3.8, 4) is 0 Å². The second-order valence-corrected chi connectivity index (χ2v) is 6.80. The highest BCUT2D eigenvalue weighted by Crippen LogP contribution is 2.30. The van der Waals surface area contributed by atoms with Crippen LogP contribution in [0.3, 0.4) is 0 Å². The van der Waals surface area contributed by atoms with Crippen LogP contribution < -0.4 is 5.32 Å². The fraction of sp³-hybridized carbons (Fsp3) is 0.474. The third kappa shape index (κ3) is 4.20. The van der Waals surface area contributed by atoms with Gasteiger partial charge in [-0.15, -0.1) is 0 Å². The van der Waals surface area contributed by atoms with Crippen molar-refractivity contribution in [2.24, 2.45) is 13.0 Å². The number of aryl methyl sites for hydroxylation is 1. The van der Waals surface area contributed by atoms with Gasteiger partial charge in [0, 0.05) is 31.9 Å². The number of nitrogens with one attached hydrogen (secondary N) is 1. The number of benzene rings is 1. The van der Waals surface area contributed by atoms with Crippen molar-refractivity contribution in [1.82, 2.24) is 20.0 Å². The molecule has 0 bridgehead atoms. The van der Waals surface area contributed by atoms with Crippen molar-refractivity contribution in [2.45, 2.75) is 31.9 Å². The van der Waals surface area contributed by atoms with E-state index in [1.54, 1.807) is 10.9 Å². The Hall–Kier alpha value is -2.34. The zero-order valence-corrected chi connectivity index (χ0v) is 14.8. The number of urea groups is 1. The minimum atomic E-state index is -0.458. The quantitative estimate of drug-likeness (QED) is 0.897. The van der Waals surface area contributed by atoms with E-state index in [2.05, 4.69) is 10.4 Å². The average molecular weight is 342 g/mol. The molecule has 1 fully saturated rings. The normalized spacial score (nSPS) is 18.0. The van der Waals surface area contributed by atoms with Crippen molar-refractivity contribution in [2.75, 3.05) is 13.1 Å². The molecule has 134 valence electrons. The maximum atomic E-state index is 12.5. The minimum absolute atomic E-state index is 0.0518. The van der Waals surface area contributed by atoms with E-state index in [4.69, 9.17) is 0 Å². The lowest BCUT2D eigenvalue weighted by atomic mass is 9.87. The van der Waals surface area contributed by atoms with Gasteiger partial charge in [0.2, 0.25) is 0 Å². The van der Waals surface area contributed by atoms with Gasteiger partial charge in [-0.1, -0.05) is 30.3 Å². The Labute approximate surface area is 148 Å². The number of carbonyl (C=O) groups excluding carboxylic acids is 1. The van der Waals surface area contributed by atoms with Crippen LogP contribution in [0.2, 0.25) is 0 Å². The summed E-state index contributed by atoms with van der Waals surface area (Å²) in [4.78, 5) is 14.3. The third-order valence-corrected chi connectivity index (χ3v) is 4.98. The monoisotopic (exact) mass is 342 g/mol. The van der Waals surface area contributed by atoms with Gasteiger partial charge in [0.15, 0.2) is 0 Å². The predicted octanol–water partition coefficient (Wildman–Crippen LogP) is 2.64. The first-order valence-electron chi connectivity index (χ1n) is 8.81. The third-order valence-electron chi connectivity index (χ3n) is 4.98. The summed E-state index contributed by atoms with van der Waals surface area (Å²) in [6.07, 6.45) is 4.84. The number of aliphatic hydroxyl groups is 1. The number of hydrogen-bond donors (Lipinski definition) is 2. The van der Waals surface area contributed by atoms with Crippen LogP contribution in [-0.2, 0) is 7.05 Å². The molecule has 2 atom stereocenters. The first kappa shape index (κ1) is 17.5. The van der Waals surface area contributed by atoms with E-state index in [-0.39, 0.29) is 18.0 Å². The number of aromatic nitrogens is 2. The predicted molar refractivity (Wildman–Crippen MR) is 95.9 cm³/mol. The van der Waals surface area contributed by atoms with E-state index in [9.17, 15) is 9.90 Å². The number of amides is 2. The fourth-order valence-electron chi connectivity index (χ4n) is 3.36. The molecule has 2 unspecified atom stereocenters. The van der Waals surface area contributed by atoms with Crippen LogP contribution in [-0.4, -0.2) is 38.9 Å². The van der Waals surface area contributed by atoms with Crippen LogP contribution >= 0.6 is 0 Å². The highest BCUT2D eigenvalue weighted by atomic mass is 16.3. The van der Waals surface area contributed by atoms with Crippen molar-refractivity contribution >= 4 is 6.03 Å². The van der Waals surface area contributed by atoms with Crippen molar-refractivity contribution in [3.63, 3.8) is 0 Å². The molecule has 1 aliphatic rings. The zero-order chi connectivity index (χ0) is 17.8. The fourth-order valence-corrected chi connectivity index (χ4v) is 3.36. The first-order chi connectivity index (χ1) is 12.0. The Morgan fingerprint density at radius 2 is 1.92 bits per heavy atom. The molecule has 6 nitrogen and oxygen atoms in total. The van der Waals surface area contributed by atoms with Crippen molar-refractivity contribution in [1.29, 1.82) is 0 Å². The molecular weight excluding hydrogens is 316 g/mol. The average Bonchev–Trinajstić information content (AvgIpc) is 3.08. The summed E-state index contributed by atoms with van der Waals surface area (Å²) in [6.45, 7) is 3.29. The van der Waals surface area contributed by atoms with Gasteiger partial charge < -0.3 is 15.3 Å². The molecule has 6 heteroatoms. The maximum absolute atomic E-state index is 12.5. The molecule has 1 aliphatic heterocycles. The molecule has 2 amide bonds. The molecule has 2 aromatic rings. The molecule has 1 aromatic heterocycles. The Morgan fingerprint density at radius 3 is 2.52 bits per heavy atom. The van der Waals surface area contributed by atoms with Crippen LogP contribution in [0.1, 0.15) is 43.0 Å². The molecule has 3 rings (SSSR count). The van der Waals surface area contributed by atoms with Crippen LogP contribution in [0, 0.1) is 5.92 Å². The molecular formula is C19H26N4O2. The maximum Gasteiger partial charge on any atom is 0.317 e. The summed E-state index contributed by atoms with van der Waals surface area (Å²) in [5, 5.41) is 17.7. The molecule has 25 heavy (non-hydrogen) atoms. The SMILES string of the molecule is CC(NC(=O)N1CCC(C(O)c2ccccc2)CC1)c1cnn(C)c1. The lowest BCUT2D eigenvalue weighted by molar-refractivity contribution is 0.0662. The summed E-state index contributed by atoms with van der Waals surface area (Å²) in [7, 11) is 1.86. The first-order valence-corrected chi connectivity index (χ1v) is 8.81. The Kier molecular flexibility index (Phi) is 5.38. The molecule has 0 aliphatic carbocycles. The van der Waals surface area contributed by atoms with E-state index < -0.39 is 6.10 Å². The van der Waals surface area contributed by atoms with Gasteiger partial charge in [0.1, 0.15) is 0 Å². The van der Waals surface area contributed by atoms with E-state index in [0.717, 1.165) is 24.0 Å². The van der Waals surface area contributed by atoms with Gasteiger partial charge in [-0.2, -0.15) is 5.10 Å². The second kappa shape index (κ2) is 7.70. The van der Waals surface area contributed by atoms with Gasteiger partial charge in [-0.3, -0.25) is 4.68 Å². The van der Waals surface area contributed by atoms with Gasteiger partial charge in [0.25, 0.3) is 0 Å². The van der Waals surface area contributed by atoms with Crippen molar-refractivity contribution < 1.29 is 9.90 Å². The van der Waals surface area contributed by atoms with E-state index >= 15 is 0 Å². The number of nitrogens with zero attached hydrogens (tertiary/aromatic N) is 3. The summed E-state index contributed by atoms with van der Waals surface area (Å²) in [6, 6.07) is 9.63. The van der Waals surface area contributed by atoms with E-state index in [1.807, 2.05) is 55.4 Å². The molecule has 0 spiro atoms. The standard InChI is InChI=1S/C19H26N4O2/c1-14(17-12-20-22(2)13-17)21-19(25)23-10-8-16(9-11-23)18(24)15-6-4-3-5-7-15/h3-7,12-14,16,18,24H,8-11H2,1-2H3,(H,21,25). The molecule has 1 saturated heterocycles. The largest absolute Gasteiger partial charge is 0.388 e. The Morgan fingerprint density at radius 1 is 1.24 bits per heavy atom. The summed E-state index contributed by atoms with van der Waals surface area (Å²) in [5.41, 5.74) is 1.95. The van der Waals surface area contributed by atoms with Gasteiger partial charge in [-0.05, 0) is 31.2 Å². The minimum Gasteiger partial charge on any atom is -0.388 e. The Bertz CT molecular complexity index is 692. The summed E-state index contributed by atoms with van der Waals surface area (Å²) in [5.74, 6) is 0.196. The number of likely N-dealkylation sites (tertiary alicyclic amines) is 1. The smallest absolute Gasteiger partial charge is 0.317 e. The van der Waals surface area contributed by atoms with Gasteiger partial charge in [0.05, 0.1) is 18.3 Å². The number of carbonyl (C=O) groups is 1. The molecule has 2 N–H and O–H groups in total. The van der Waals surface area contributed by atoms with E-state index in [0.29, 0.717) is 13.1 Å². The molecule has 2 heterocycles. The molecule has 0 saturated carbocycles. The van der Waals surface area contributed by atoms with Crippen LogP contribution in [0.25, 0.3) is 0 Å². The summed E-state index contributed by atoms with van der Waals surface area (Å²) >= 11 is 0. The number of rotatable bonds is 4.